The van der Waals surface area contributed by atoms with Gasteiger partial charge in [0.25, 0.3) is 10.0 Å². The summed E-state index contributed by atoms with van der Waals surface area (Å²) in [5.74, 6) is -0.821. The van der Waals surface area contributed by atoms with Crippen LogP contribution in [0.25, 0.3) is 0 Å². The molecule has 0 aromatic heterocycles. The van der Waals surface area contributed by atoms with Crippen molar-refractivity contribution in [3.05, 3.63) is 89.2 Å². The van der Waals surface area contributed by atoms with Crippen LogP contribution >= 0.6 is 11.6 Å². The molecule has 0 spiro atoms. The second-order valence-corrected chi connectivity index (χ2v) is 11.9. The monoisotopic (exact) mass is 617 g/mol. The number of unbranched alkanes of at least 4 members (excludes halogenated alkanes) is 1. The van der Waals surface area contributed by atoms with E-state index in [4.69, 9.17) is 16.3 Å². The Morgan fingerprint density at radius 1 is 0.952 bits per heavy atom. The van der Waals surface area contributed by atoms with Gasteiger partial charge in [-0.15, -0.1) is 0 Å². The van der Waals surface area contributed by atoms with E-state index in [9.17, 15) is 22.4 Å². The highest BCUT2D eigenvalue weighted by molar-refractivity contribution is 7.92. The molecule has 3 aromatic carbocycles. The van der Waals surface area contributed by atoms with Crippen LogP contribution in [0.1, 0.15) is 45.6 Å². The first-order chi connectivity index (χ1) is 20.1. The van der Waals surface area contributed by atoms with Gasteiger partial charge in [-0.25, -0.2) is 12.8 Å². The molecule has 0 saturated heterocycles. The summed E-state index contributed by atoms with van der Waals surface area (Å²) in [5.41, 5.74) is 0.835. The molecule has 2 amide bonds. The number of carbonyl (C=O) groups excluding carboxylic acids is 2. The maximum Gasteiger partial charge on any atom is 0.264 e. The number of nitrogens with one attached hydrogen (secondary N) is 1. The summed E-state index contributed by atoms with van der Waals surface area (Å²) in [6.45, 7) is 5.90. The van der Waals surface area contributed by atoms with E-state index in [-0.39, 0.29) is 29.5 Å². The summed E-state index contributed by atoms with van der Waals surface area (Å²) in [6.07, 6.45) is 1.95. The minimum atomic E-state index is -4.24. The number of ether oxygens (including phenoxy) is 1. The first kappa shape index (κ1) is 32.9. The number of anilines is 1. The van der Waals surface area contributed by atoms with Crippen LogP contribution in [0.2, 0.25) is 5.02 Å². The lowest BCUT2D eigenvalue weighted by molar-refractivity contribution is -0.140. The molecule has 3 rings (SSSR count). The van der Waals surface area contributed by atoms with Crippen molar-refractivity contribution in [2.24, 2.45) is 0 Å². The maximum absolute atomic E-state index is 14.1. The van der Waals surface area contributed by atoms with Crippen molar-refractivity contribution in [3.63, 3.8) is 0 Å². The summed E-state index contributed by atoms with van der Waals surface area (Å²) in [6, 6.07) is 16.8. The molecule has 0 saturated carbocycles. The van der Waals surface area contributed by atoms with E-state index in [0.29, 0.717) is 29.5 Å². The third-order valence-corrected chi connectivity index (χ3v) is 8.64. The highest BCUT2D eigenvalue weighted by atomic mass is 35.5. The number of rotatable bonds is 15. The Morgan fingerprint density at radius 3 is 2.17 bits per heavy atom. The number of amides is 2. The van der Waals surface area contributed by atoms with Gasteiger partial charge in [0.1, 0.15) is 24.2 Å². The Kier molecular flexibility index (Phi) is 12.2. The largest absolute Gasteiger partial charge is 0.494 e. The SMILES string of the molecule is CCCCNC(=O)C(CC)N(Cc1ccc(F)cc1)C(=O)CN(c1ccc(OCC)cc1)S(=O)(=O)c1ccc(Cl)cc1. The van der Waals surface area contributed by atoms with E-state index in [1.165, 1.54) is 53.4 Å². The van der Waals surface area contributed by atoms with Crippen LogP contribution in [0.5, 0.6) is 5.75 Å². The molecular weight excluding hydrogens is 581 g/mol. The van der Waals surface area contributed by atoms with Crippen molar-refractivity contribution in [1.29, 1.82) is 0 Å². The number of hydrogen-bond donors (Lipinski definition) is 1. The summed E-state index contributed by atoms with van der Waals surface area (Å²) in [5, 5.41) is 3.24. The Balaban J connectivity index is 2.03. The molecule has 3 aromatic rings. The van der Waals surface area contributed by atoms with E-state index in [0.717, 1.165) is 17.1 Å². The average molecular weight is 618 g/mol. The third kappa shape index (κ3) is 8.69. The normalized spacial score (nSPS) is 11.9. The van der Waals surface area contributed by atoms with Gasteiger partial charge in [-0.2, -0.15) is 0 Å². The van der Waals surface area contributed by atoms with Crippen LogP contribution in [0.4, 0.5) is 10.1 Å². The molecule has 0 aliphatic carbocycles. The average Bonchev–Trinajstić information content (AvgIpc) is 2.97. The summed E-state index contributed by atoms with van der Waals surface area (Å²) >= 11 is 6.00. The van der Waals surface area contributed by atoms with Gasteiger partial charge in [0.05, 0.1) is 17.2 Å². The molecule has 0 heterocycles. The van der Waals surface area contributed by atoms with Gasteiger partial charge >= 0.3 is 0 Å². The van der Waals surface area contributed by atoms with E-state index in [1.807, 2.05) is 13.8 Å². The van der Waals surface area contributed by atoms with E-state index < -0.39 is 34.3 Å². The Morgan fingerprint density at radius 2 is 1.60 bits per heavy atom. The lowest BCUT2D eigenvalue weighted by Crippen LogP contribution is -2.52. The zero-order valence-electron chi connectivity index (χ0n) is 24.1. The standard InChI is InChI=1S/C31H37ClFN3O5S/c1-4-7-20-34-31(38)29(5-2)35(21-23-8-12-25(33)13-9-23)30(37)22-36(26-14-16-27(17-15-26)41-6-3)42(39,40)28-18-10-24(32)11-19-28/h8-19,29H,4-7,20-22H2,1-3H3,(H,34,38). The molecule has 42 heavy (non-hydrogen) atoms. The zero-order valence-corrected chi connectivity index (χ0v) is 25.6. The van der Waals surface area contributed by atoms with Crippen LogP contribution in [-0.2, 0) is 26.2 Å². The van der Waals surface area contributed by atoms with Crippen LogP contribution in [-0.4, -0.2) is 50.9 Å². The predicted molar refractivity (Wildman–Crippen MR) is 163 cm³/mol. The molecular formula is C31H37ClFN3O5S. The molecule has 0 bridgehead atoms. The number of sulfonamides is 1. The molecule has 0 radical (unpaired) electrons. The van der Waals surface area contributed by atoms with Crippen LogP contribution < -0.4 is 14.4 Å². The fraction of sp³-hybridized carbons (Fsp3) is 0.355. The molecule has 11 heteroatoms. The van der Waals surface area contributed by atoms with Crippen LogP contribution in [0.3, 0.4) is 0 Å². The maximum atomic E-state index is 14.1. The minimum Gasteiger partial charge on any atom is -0.494 e. The van der Waals surface area contributed by atoms with Gasteiger partial charge in [0.2, 0.25) is 11.8 Å². The van der Waals surface area contributed by atoms with Crippen molar-refractivity contribution < 1.29 is 27.1 Å². The minimum absolute atomic E-state index is 0.0169. The molecule has 1 atom stereocenters. The molecule has 8 nitrogen and oxygen atoms in total. The number of nitrogens with zero attached hydrogens (tertiary/aromatic N) is 2. The fourth-order valence-corrected chi connectivity index (χ4v) is 5.89. The molecule has 1 N–H and O–H groups in total. The smallest absolute Gasteiger partial charge is 0.264 e. The van der Waals surface area contributed by atoms with Gasteiger partial charge in [-0.1, -0.05) is 44.0 Å². The summed E-state index contributed by atoms with van der Waals surface area (Å²) < 4.78 is 48.0. The van der Waals surface area contributed by atoms with Crippen molar-refractivity contribution >= 4 is 39.1 Å². The Bertz CT molecular complexity index is 1420. The third-order valence-electron chi connectivity index (χ3n) is 6.60. The lowest BCUT2D eigenvalue weighted by Gasteiger charge is -2.33. The molecule has 0 fully saturated rings. The van der Waals surface area contributed by atoms with Crippen LogP contribution in [0.15, 0.2) is 77.7 Å². The number of benzene rings is 3. The van der Waals surface area contributed by atoms with Gasteiger partial charge in [0, 0.05) is 18.1 Å². The van der Waals surface area contributed by atoms with Gasteiger partial charge < -0.3 is 15.0 Å². The second-order valence-electron chi connectivity index (χ2n) is 9.61. The van der Waals surface area contributed by atoms with E-state index in [2.05, 4.69) is 5.32 Å². The first-order valence-electron chi connectivity index (χ1n) is 13.9. The summed E-state index contributed by atoms with van der Waals surface area (Å²) in [7, 11) is -4.24. The predicted octanol–water partition coefficient (Wildman–Crippen LogP) is 5.80. The topological polar surface area (TPSA) is 96.0 Å². The number of carbonyl (C=O) groups is 2. The van der Waals surface area contributed by atoms with E-state index >= 15 is 0 Å². The number of hydrogen-bond acceptors (Lipinski definition) is 5. The molecule has 1 unspecified atom stereocenters. The quantitative estimate of drug-likeness (QED) is 0.218. The highest BCUT2D eigenvalue weighted by Crippen LogP contribution is 2.27. The fourth-order valence-electron chi connectivity index (χ4n) is 4.35. The highest BCUT2D eigenvalue weighted by Gasteiger charge is 2.33. The second kappa shape index (κ2) is 15.6. The van der Waals surface area contributed by atoms with Crippen molar-refractivity contribution in [1.82, 2.24) is 10.2 Å². The number of halogens is 2. The first-order valence-corrected chi connectivity index (χ1v) is 15.7. The van der Waals surface area contributed by atoms with Crippen molar-refractivity contribution in [2.75, 3.05) is 24.0 Å². The lowest BCUT2D eigenvalue weighted by atomic mass is 10.1. The van der Waals surface area contributed by atoms with Crippen molar-refractivity contribution in [2.45, 2.75) is 57.5 Å². The van der Waals surface area contributed by atoms with Gasteiger partial charge in [-0.05, 0) is 86.0 Å². The Hall–Kier alpha value is -3.63. The molecule has 0 aliphatic heterocycles. The summed E-state index contributed by atoms with van der Waals surface area (Å²) in [4.78, 5) is 28.6. The van der Waals surface area contributed by atoms with Crippen LogP contribution in [0, 0.1) is 5.82 Å². The van der Waals surface area contributed by atoms with Gasteiger partial charge in [-0.3, -0.25) is 13.9 Å². The Labute approximate surface area is 252 Å². The van der Waals surface area contributed by atoms with E-state index in [1.54, 1.807) is 31.2 Å². The zero-order chi connectivity index (χ0) is 30.7. The molecule has 226 valence electrons. The van der Waals surface area contributed by atoms with Gasteiger partial charge in [0.15, 0.2) is 0 Å². The van der Waals surface area contributed by atoms with Crippen molar-refractivity contribution in [3.8, 4) is 5.75 Å². The molecule has 0 aliphatic rings.